The first-order valence-corrected chi connectivity index (χ1v) is 6.79. The van der Waals surface area contributed by atoms with Crippen molar-refractivity contribution in [3.63, 3.8) is 0 Å². The number of hydrogen-bond acceptors (Lipinski definition) is 2. The Hall–Kier alpha value is -2.61. The van der Waals surface area contributed by atoms with E-state index in [1.54, 1.807) is 0 Å². The fourth-order valence-corrected chi connectivity index (χ4v) is 2.74. The predicted molar refractivity (Wildman–Crippen MR) is 82.2 cm³/mol. The molecule has 0 bridgehead atoms. The normalized spacial score (nSPS) is 16.7. The molecule has 20 heavy (non-hydrogen) atoms. The first-order chi connectivity index (χ1) is 9.92. The minimum atomic E-state index is 0.126. The summed E-state index contributed by atoms with van der Waals surface area (Å²) in [5.41, 5.74) is 4.63. The molecule has 2 heterocycles. The van der Waals surface area contributed by atoms with Crippen LogP contribution in [0.25, 0.3) is 17.0 Å². The maximum Gasteiger partial charge on any atom is 0.0941 e. The van der Waals surface area contributed by atoms with Crippen LogP contribution in [0.3, 0.4) is 0 Å². The Kier molecular flexibility index (Phi) is 2.52. The average molecular weight is 258 g/mol. The summed E-state index contributed by atoms with van der Waals surface area (Å²) < 4.78 is 0. The van der Waals surface area contributed by atoms with Crippen molar-refractivity contribution in [1.29, 1.82) is 0 Å². The van der Waals surface area contributed by atoms with Crippen molar-refractivity contribution in [3.05, 3.63) is 83.7 Å². The molecule has 1 N–H and O–H groups in total. The highest BCUT2D eigenvalue weighted by atomic mass is 14.9. The zero-order chi connectivity index (χ0) is 13.4. The van der Waals surface area contributed by atoms with Crippen LogP contribution in [0, 0.1) is 0 Å². The minimum Gasteiger partial charge on any atom is -0.379 e. The van der Waals surface area contributed by atoms with Crippen molar-refractivity contribution in [2.75, 3.05) is 0 Å². The Balaban J connectivity index is 1.85. The van der Waals surface area contributed by atoms with Gasteiger partial charge in [-0.3, -0.25) is 4.98 Å². The second kappa shape index (κ2) is 4.49. The Morgan fingerprint density at radius 1 is 0.850 bits per heavy atom. The van der Waals surface area contributed by atoms with Gasteiger partial charge in [0, 0.05) is 5.39 Å². The Morgan fingerprint density at radius 3 is 2.70 bits per heavy atom. The number of aromatic nitrogens is 1. The van der Waals surface area contributed by atoms with E-state index in [9.17, 15) is 0 Å². The van der Waals surface area contributed by atoms with Gasteiger partial charge in [-0.15, -0.1) is 0 Å². The van der Waals surface area contributed by atoms with Crippen LogP contribution in [0.4, 0.5) is 0 Å². The molecule has 1 aromatic heterocycles. The monoisotopic (exact) mass is 258 g/mol. The Morgan fingerprint density at radius 2 is 1.70 bits per heavy atom. The molecule has 0 saturated heterocycles. The fourth-order valence-electron chi connectivity index (χ4n) is 2.74. The molecule has 1 unspecified atom stereocenters. The SMILES string of the molecule is C1=Cc2ccccc2C(c2ccc3ccccc3n2)N1. The van der Waals surface area contributed by atoms with Gasteiger partial charge in [0.2, 0.25) is 0 Å². The fraction of sp³-hybridized carbons (Fsp3) is 0.0556. The molecule has 0 spiro atoms. The summed E-state index contributed by atoms with van der Waals surface area (Å²) >= 11 is 0. The molecule has 0 saturated carbocycles. The molecule has 4 rings (SSSR count). The molecule has 0 amide bonds. The van der Waals surface area contributed by atoms with Gasteiger partial charge in [0.1, 0.15) is 0 Å². The molecule has 2 aromatic carbocycles. The molecule has 1 aliphatic rings. The number of benzene rings is 2. The van der Waals surface area contributed by atoms with E-state index in [0.29, 0.717) is 0 Å². The lowest BCUT2D eigenvalue weighted by Gasteiger charge is -2.23. The van der Waals surface area contributed by atoms with E-state index in [-0.39, 0.29) is 6.04 Å². The van der Waals surface area contributed by atoms with Gasteiger partial charge in [0.05, 0.1) is 17.3 Å². The summed E-state index contributed by atoms with van der Waals surface area (Å²) in [5.74, 6) is 0. The van der Waals surface area contributed by atoms with E-state index >= 15 is 0 Å². The van der Waals surface area contributed by atoms with Crippen molar-refractivity contribution in [2.45, 2.75) is 6.04 Å². The van der Waals surface area contributed by atoms with Crippen LogP contribution in [-0.4, -0.2) is 4.98 Å². The van der Waals surface area contributed by atoms with Gasteiger partial charge in [-0.2, -0.15) is 0 Å². The zero-order valence-electron chi connectivity index (χ0n) is 11.0. The zero-order valence-corrected chi connectivity index (χ0v) is 11.0. The maximum atomic E-state index is 4.80. The quantitative estimate of drug-likeness (QED) is 0.716. The minimum absolute atomic E-state index is 0.126. The van der Waals surface area contributed by atoms with Crippen LogP contribution in [-0.2, 0) is 0 Å². The van der Waals surface area contributed by atoms with E-state index in [0.717, 1.165) is 11.2 Å². The molecule has 3 aromatic rings. The first kappa shape index (κ1) is 11.2. The third kappa shape index (κ3) is 1.77. The van der Waals surface area contributed by atoms with Crippen molar-refractivity contribution in [1.82, 2.24) is 10.3 Å². The van der Waals surface area contributed by atoms with Gasteiger partial charge in [-0.05, 0) is 35.5 Å². The topological polar surface area (TPSA) is 24.9 Å². The first-order valence-electron chi connectivity index (χ1n) is 6.79. The molecule has 0 aliphatic carbocycles. The molecular weight excluding hydrogens is 244 g/mol. The standard InChI is InChI=1S/C18H14N2/c1-3-7-15-13(5-1)11-12-19-18(15)17-10-9-14-6-2-4-8-16(14)20-17/h1-12,18-19H. The van der Waals surface area contributed by atoms with Crippen LogP contribution in [0.2, 0.25) is 0 Å². The predicted octanol–water partition coefficient (Wildman–Crippen LogP) is 3.90. The summed E-state index contributed by atoms with van der Waals surface area (Å²) in [6.07, 6.45) is 4.11. The van der Waals surface area contributed by atoms with E-state index in [2.05, 4.69) is 59.9 Å². The molecule has 0 radical (unpaired) electrons. The van der Waals surface area contributed by atoms with Crippen molar-refractivity contribution >= 4 is 17.0 Å². The van der Waals surface area contributed by atoms with Crippen molar-refractivity contribution < 1.29 is 0 Å². The third-order valence-corrected chi connectivity index (χ3v) is 3.75. The van der Waals surface area contributed by atoms with Gasteiger partial charge >= 0.3 is 0 Å². The molecule has 0 fully saturated rings. The number of rotatable bonds is 1. The highest BCUT2D eigenvalue weighted by Gasteiger charge is 2.19. The summed E-state index contributed by atoms with van der Waals surface area (Å²) in [4.78, 5) is 4.80. The number of fused-ring (bicyclic) bond motifs is 2. The highest BCUT2D eigenvalue weighted by Crippen LogP contribution is 2.28. The lowest BCUT2D eigenvalue weighted by atomic mass is 9.95. The van der Waals surface area contributed by atoms with Crippen molar-refractivity contribution in [2.24, 2.45) is 0 Å². The van der Waals surface area contributed by atoms with Gasteiger partial charge in [0.15, 0.2) is 0 Å². The summed E-state index contributed by atoms with van der Waals surface area (Å²) in [5, 5.41) is 4.59. The molecule has 1 atom stereocenters. The lowest BCUT2D eigenvalue weighted by Crippen LogP contribution is -2.21. The lowest BCUT2D eigenvalue weighted by molar-refractivity contribution is 0.700. The Labute approximate surface area is 117 Å². The van der Waals surface area contributed by atoms with Gasteiger partial charge < -0.3 is 5.32 Å². The van der Waals surface area contributed by atoms with Crippen LogP contribution < -0.4 is 5.32 Å². The Bertz CT molecular complexity index is 805. The maximum absolute atomic E-state index is 4.80. The van der Waals surface area contributed by atoms with E-state index in [1.165, 1.54) is 16.5 Å². The largest absolute Gasteiger partial charge is 0.379 e. The van der Waals surface area contributed by atoms with Gasteiger partial charge in [-0.25, -0.2) is 0 Å². The van der Waals surface area contributed by atoms with Crippen molar-refractivity contribution in [3.8, 4) is 0 Å². The second-order valence-corrected chi connectivity index (χ2v) is 4.99. The van der Waals surface area contributed by atoms with E-state index in [4.69, 9.17) is 4.98 Å². The van der Waals surface area contributed by atoms with Crippen LogP contribution in [0.15, 0.2) is 66.9 Å². The molecule has 2 heteroatoms. The number of hydrogen-bond donors (Lipinski definition) is 1. The number of nitrogens with one attached hydrogen (secondary N) is 1. The summed E-state index contributed by atoms with van der Waals surface area (Å²) in [6, 6.07) is 21.0. The van der Waals surface area contributed by atoms with Crippen LogP contribution in [0.1, 0.15) is 22.9 Å². The van der Waals surface area contributed by atoms with Gasteiger partial charge in [0.25, 0.3) is 0 Å². The van der Waals surface area contributed by atoms with Crippen LogP contribution >= 0.6 is 0 Å². The second-order valence-electron chi connectivity index (χ2n) is 4.99. The smallest absolute Gasteiger partial charge is 0.0941 e. The molecular formula is C18H14N2. The summed E-state index contributed by atoms with van der Waals surface area (Å²) in [6.45, 7) is 0. The number of para-hydroxylation sites is 1. The van der Waals surface area contributed by atoms with E-state index < -0.39 is 0 Å². The van der Waals surface area contributed by atoms with Crippen LogP contribution in [0.5, 0.6) is 0 Å². The molecule has 2 nitrogen and oxygen atoms in total. The molecule has 1 aliphatic heterocycles. The van der Waals surface area contributed by atoms with Gasteiger partial charge in [-0.1, -0.05) is 48.5 Å². The molecule has 96 valence electrons. The highest BCUT2D eigenvalue weighted by molar-refractivity contribution is 5.78. The summed E-state index contributed by atoms with van der Waals surface area (Å²) in [7, 11) is 0. The average Bonchev–Trinajstić information content (AvgIpc) is 2.54. The third-order valence-electron chi connectivity index (χ3n) is 3.75. The number of pyridine rings is 1. The van der Waals surface area contributed by atoms with E-state index in [1.807, 2.05) is 18.3 Å². The number of nitrogens with zero attached hydrogens (tertiary/aromatic N) is 1.